The minimum Gasteiger partial charge on any atom is -0.444 e. The number of nitrogens with zero attached hydrogens (tertiary/aromatic N) is 1. The lowest BCUT2D eigenvalue weighted by Crippen LogP contribution is -2.63. The predicted molar refractivity (Wildman–Crippen MR) is 70.7 cm³/mol. The van der Waals surface area contributed by atoms with Crippen LogP contribution in [-0.2, 0) is 9.47 Å². The molecule has 0 spiro atoms. The predicted octanol–water partition coefficient (Wildman–Crippen LogP) is 1.62. The molecule has 0 saturated carbocycles. The van der Waals surface area contributed by atoms with Crippen LogP contribution in [0.5, 0.6) is 0 Å². The molecule has 0 aromatic rings. The maximum atomic E-state index is 11.7. The quantitative estimate of drug-likeness (QED) is 0.832. The molecule has 5 nitrogen and oxygen atoms in total. The molecule has 1 aliphatic heterocycles. The third-order valence-corrected chi connectivity index (χ3v) is 3.11. The largest absolute Gasteiger partial charge is 0.444 e. The van der Waals surface area contributed by atoms with E-state index >= 15 is 0 Å². The number of nitrogens with one attached hydrogen (secondary N) is 1. The van der Waals surface area contributed by atoms with Crippen LogP contribution < -0.4 is 5.32 Å². The number of hydrogen-bond acceptors (Lipinski definition) is 4. The highest BCUT2D eigenvalue weighted by Crippen LogP contribution is 2.15. The first-order chi connectivity index (χ1) is 8.23. The summed E-state index contributed by atoms with van der Waals surface area (Å²) in [5.41, 5.74) is -0.423. The molecular weight excluding hydrogens is 232 g/mol. The van der Waals surface area contributed by atoms with Gasteiger partial charge in [-0.1, -0.05) is 0 Å². The Morgan fingerprint density at radius 3 is 2.33 bits per heavy atom. The van der Waals surface area contributed by atoms with Crippen LogP contribution in [0.1, 0.15) is 34.6 Å². The van der Waals surface area contributed by atoms with Gasteiger partial charge in [0.1, 0.15) is 5.60 Å². The number of carbonyl (C=O) groups is 1. The summed E-state index contributed by atoms with van der Waals surface area (Å²) < 4.78 is 10.6. The van der Waals surface area contributed by atoms with E-state index in [0.29, 0.717) is 19.1 Å². The van der Waals surface area contributed by atoms with Gasteiger partial charge in [-0.15, -0.1) is 0 Å². The van der Waals surface area contributed by atoms with Crippen LogP contribution >= 0.6 is 0 Å². The minimum absolute atomic E-state index is 0.167. The summed E-state index contributed by atoms with van der Waals surface area (Å²) in [7, 11) is 1.70. The van der Waals surface area contributed by atoms with Gasteiger partial charge in [0.05, 0.1) is 6.10 Å². The summed E-state index contributed by atoms with van der Waals surface area (Å²) >= 11 is 0. The van der Waals surface area contributed by atoms with Crippen LogP contribution in [0.15, 0.2) is 0 Å². The number of methoxy groups -OCH3 is 1. The lowest BCUT2D eigenvalue weighted by atomic mass is 10.1. The average Bonchev–Trinajstić information content (AvgIpc) is 2.18. The molecule has 0 bridgehead atoms. The van der Waals surface area contributed by atoms with Crippen LogP contribution in [0.3, 0.4) is 0 Å². The van der Waals surface area contributed by atoms with Gasteiger partial charge in [0.25, 0.3) is 0 Å². The van der Waals surface area contributed by atoms with Gasteiger partial charge in [0.2, 0.25) is 0 Å². The number of ether oxygens (including phenoxy) is 2. The van der Waals surface area contributed by atoms with Crippen molar-refractivity contribution in [1.82, 2.24) is 10.2 Å². The fourth-order valence-electron chi connectivity index (χ4n) is 1.77. The van der Waals surface area contributed by atoms with Crippen LogP contribution in [0.4, 0.5) is 4.79 Å². The van der Waals surface area contributed by atoms with Crippen molar-refractivity contribution in [3.63, 3.8) is 0 Å². The molecule has 2 atom stereocenters. The lowest BCUT2D eigenvalue weighted by Gasteiger charge is -2.41. The van der Waals surface area contributed by atoms with E-state index in [1.165, 1.54) is 0 Å². The first kappa shape index (κ1) is 15.2. The first-order valence-electron chi connectivity index (χ1n) is 6.49. The van der Waals surface area contributed by atoms with Crippen molar-refractivity contribution >= 4 is 6.09 Å². The van der Waals surface area contributed by atoms with E-state index in [1.807, 2.05) is 27.7 Å². The molecule has 0 aliphatic carbocycles. The SMILES string of the molecule is COC(C)C(C)NC1CN(C(=O)OC(C)(C)C)C1. The number of hydrogen-bond donors (Lipinski definition) is 1. The summed E-state index contributed by atoms with van der Waals surface area (Å²) in [6.07, 6.45) is -0.0615. The van der Waals surface area contributed by atoms with E-state index < -0.39 is 5.60 Å². The van der Waals surface area contributed by atoms with Crippen molar-refractivity contribution in [2.24, 2.45) is 0 Å². The van der Waals surface area contributed by atoms with E-state index in [-0.39, 0.29) is 18.2 Å². The Balaban J connectivity index is 2.26. The fourth-order valence-corrected chi connectivity index (χ4v) is 1.77. The van der Waals surface area contributed by atoms with Gasteiger partial charge in [-0.05, 0) is 34.6 Å². The van der Waals surface area contributed by atoms with Crippen LogP contribution in [0.25, 0.3) is 0 Å². The average molecular weight is 258 g/mol. The van der Waals surface area contributed by atoms with Crippen molar-refractivity contribution in [3.8, 4) is 0 Å². The van der Waals surface area contributed by atoms with Crippen LogP contribution in [0, 0.1) is 0 Å². The summed E-state index contributed by atoms with van der Waals surface area (Å²) in [5.74, 6) is 0. The molecule has 18 heavy (non-hydrogen) atoms. The van der Waals surface area contributed by atoms with Crippen LogP contribution in [-0.4, -0.2) is 55.0 Å². The van der Waals surface area contributed by atoms with E-state index in [9.17, 15) is 4.79 Å². The second kappa shape index (κ2) is 5.89. The molecule has 1 amide bonds. The van der Waals surface area contributed by atoms with Crippen LogP contribution in [0.2, 0.25) is 0 Å². The summed E-state index contributed by atoms with van der Waals surface area (Å²) in [5, 5.41) is 3.44. The van der Waals surface area contributed by atoms with Gasteiger partial charge in [0.15, 0.2) is 0 Å². The molecule has 0 aromatic heterocycles. The summed E-state index contributed by atoms with van der Waals surface area (Å²) in [6, 6.07) is 0.617. The molecule has 0 radical (unpaired) electrons. The molecule has 1 heterocycles. The Hall–Kier alpha value is -0.810. The first-order valence-corrected chi connectivity index (χ1v) is 6.49. The molecular formula is C13H26N2O3. The van der Waals surface area contributed by atoms with Crippen molar-refractivity contribution in [3.05, 3.63) is 0 Å². The Labute approximate surface area is 110 Å². The Morgan fingerprint density at radius 2 is 1.89 bits per heavy atom. The number of likely N-dealkylation sites (tertiary alicyclic amines) is 1. The van der Waals surface area contributed by atoms with Gasteiger partial charge >= 0.3 is 6.09 Å². The normalized spacial score (nSPS) is 20.2. The molecule has 0 aromatic carbocycles. The molecule has 1 aliphatic rings. The maximum absolute atomic E-state index is 11.7. The van der Waals surface area contributed by atoms with Gasteiger partial charge < -0.3 is 19.7 Å². The minimum atomic E-state index is -0.423. The van der Waals surface area contributed by atoms with Gasteiger partial charge in [0, 0.05) is 32.3 Å². The molecule has 1 fully saturated rings. The van der Waals surface area contributed by atoms with Gasteiger partial charge in [-0.2, -0.15) is 0 Å². The summed E-state index contributed by atoms with van der Waals surface area (Å²) in [6.45, 7) is 11.2. The zero-order valence-electron chi connectivity index (χ0n) is 12.3. The maximum Gasteiger partial charge on any atom is 0.410 e. The van der Waals surface area contributed by atoms with Gasteiger partial charge in [-0.3, -0.25) is 0 Å². The molecule has 1 N–H and O–H groups in total. The Bertz CT molecular complexity index is 282. The third-order valence-electron chi connectivity index (χ3n) is 3.11. The Morgan fingerprint density at radius 1 is 1.33 bits per heavy atom. The monoisotopic (exact) mass is 258 g/mol. The zero-order chi connectivity index (χ0) is 13.9. The zero-order valence-corrected chi connectivity index (χ0v) is 12.3. The second-order valence-electron chi connectivity index (χ2n) is 5.98. The Kier molecular flexibility index (Phi) is 4.99. The second-order valence-corrected chi connectivity index (χ2v) is 5.98. The smallest absolute Gasteiger partial charge is 0.410 e. The highest BCUT2D eigenvalue weighted by atomic mass is 16.6. The molecule has 5 heteroatoms. The topological polar surface area (TPSA) is 50.8 Å². The fraction of sp³-hybridized carbons (Fsp3) is 0.923. The number of carbonyl (C=O) groups excluding carboxylic acids is 1. The number of amides is 1. The molecule has 106 valence electrons. The summed E-state index contributed by atoms with van der Waals surface area (Å²) in [4.78, 5) is 13.4. The van der Waals surface area contributed by atoms with Crippen molar-refractivity contribution in [2.45, 2.75) is 58.4 Å². The van der Waals surface area contributed by atoms with E-state index in [4.69, 9.17) is 9.47 Å². The third kappa shape index (κ3) is 4.46. The number of rotatable bonds is 4. The highest BCUT2D eigenvalue weighted by Gasteiger charge is 2.34. The van der Waals surface area contributed by atoms with E-state index in [2.05, 4.69) is 12.2 Å². The van der Waals surface area contributed by atoms with Gasteiger partial charge in [-0.25, -0.2) is 4.79 Å². The molecule has 2 unspecified atom stereocenters. The van der Waals surface area contributed by atoms with E-state index in [0.717, 1.165) is 0 Å². The van der Waals surface area contributed by atoms with Crippen molar-refractivity contribution in [2.75, 3.05) is 20.2 Å². The van der Waals surface area contributed by atoms with E-state index in [1.54, 1.807) is 12.0 Å². The highest BCUT2D eigenvalue weighted by molar-refractivity contribution is 5.69. The molecule has 1 saturated heterocycles. The molecule has 1 rings (SSSR count). The lowest BCUT2D eigenvalue weighted by molar-refractivity contribution is 0.000778. The standard InChI is InChI=1S/C13H26N2O3/c1-9(10(2)17-6)14-11-7-15(8-11)12(16)18-13(3,4)5/h9-11,14H,7-8H2,1-6H3. The van der Waals surface area contributed by atoms with Crippen molar-refractivity contribution in [1.29, 1.82) is 0 Å². The van der Waals surface area contributed by atoms with Crippen molar-refractivity contribution < 1.29 is 14.3 Å².